The topological polar surface area (TPSA) is 61.8 Å². The summed E-state index contributed by atoms with van der Waals surface area (Å²) in [6, 6.07) is 0. The van der Waals surface area contributed by atoms with Crippen LogP contribution < -0.4 is 0 Å². The highest BCUT2D eigenvalue weighted by Gasteiger charge is 2.41. The Morgan fingerprint density at radius 3 is 1.77 bits per heavy atom. The lowest BCUT2D eigenvalue weighted by atomic mass is 10.1. The molecule has 0 rings (SSSR count). The van der Waals surface area contributed by atoms with Crippen LogP contribution >= 0.6 is 7.60 Å². The molecule has 0 bridgehead atoms. The zero-order valence-electron chi connectivity index (χ0n) is 17.5. The van der Waals surface area contributed by atoms with Gasteiger partial charge in [-0.25, -0.2) is 0 Å². The van der Waals surface area contributed by atoms with Crippen LogP contribution in [0.4, 0.5) is 0 Å². The van der Waals surface area contributed by atoms with Gasteiger partial charge in [0, 0.05) is 0 Å². The minimum atomic E-state index is -3.48. The fourth-order valence-electron chi connectivity index (χ4n) is 2.87. The molecule has 0 N–H and O–H groups in total. The molecule has 0 aromatic heterocycles. The molecular weight excluding hydrogens is 351 g/mol. The average molecular weight is 393 g/mol. The third-order valence-electron chi connectivity index (χ3n) is 4.35. The van der Waals surface area contributed by atoms with Gasteiger partial charge < -0.3 is 13.8 Å². The molecule has 0 aromatic carbocycles. The maximum atomic E-state index is 13.1. The molecule has 156 valence electrons. The van der Waals surface area contributed by atoms with Crippen molar-refractivity contribution in [3.8, 4) is 0 Å². The van der Waals surface area contributed by atoms with Gasteiger partial charge in [-0.2, -0.15) is 0 Å². The Morgan fingerprint density at radius 2 is 1.27 bits per heavy atom. The molecule has 0 saturated carbocycles. The van der Waals surface area contributed by atoms with Crippen molar-refractivity contribution in [1.82, 2.24) is 0 Å². The van der Waals surface area contributed by atoms with Crippen LogP contribution in [0.3, 0.4) is 0 Å². The molecule has 0 heterocycles. The van der Waals surface area contributed by atoms with E-state index in [1.807, 2.05) is 6.92 Å². The molecule has 26 heavy (non-hydrogen) atoms. The second kappa shape index (κ2) is 16.8. The van der Waals surface area contributed by atoms with Crippen molar-refractivity contribution in [3.63, 3.8) is 0 Å². The largest absolute Gasteiger partial charge is 0.465 e. The van der Waals surface area contributed by atoms with E-state index in [1.54, 1.807) is 13.8 Å². The summed E-state index contributed by atoms with van der Waals surface area (Å²) >= 11 is 0. The van der Waals surface area contributed by atoms with Crippen molar-refractivity contribution in [1.29, 1.82) is 0 Å². The standard InChI is InChI=1S/C20H41O5P/c1-5-9-11-12-13-14-15-16-17-19(20(21)23-18-10-6-2)26(22,24-7-3)25-8-4/h19H,5-18H2,1-4H3/t19-/m0/s1. The van der Waals surface area contributed by atoms with E-state index in [4.69, 9.17) is 13.8 Å². The van der Waals surface area contributed by atoms with Crippen LogP contribution in [0, 0.1) is 0 Å². The SMILES string of the molecule is CCCCCCCCCC[C@@H](C(=O)OCCCC)P(=O)(OCC)OCC. The van der Waals surface area contributed by atoms with Crippen LogP contribution in [0.25, 0.3) is 0 Å². The number of rotatable bonds is 18. The van der Waals surface area contributed by atoms with E-state index in [1.165, 1.54) is 32.1 Å². The molecule has 0 spiro atoms. The van der Waals surface area contributed by atoms with Crippen LogP contribution in [0.5, 0.6) is 0 Å². The van der Waals surface area contributed by atoms with Gasteiger partial charge in [0.25, 0.3) is 0 Å². The van der Waals surface area contributed by atoms with Gasteiger partial charge in [-0.15, -0.1) is 0 Å². The number of carbonyl (C=O) groups is 1. The number of esters is 1. The lowest BCUT2D eigenvalue weighted by Gasteiger charge is -2.25. The molecule has 0 unspecified atom stereocenters. The fraction of sp³-hybridized carbons (Fsp3) is 0.950. The van der Waals surface area contributed by atoms with E-state index in [-0.39, 0.29) is 13.2 Å². The van der Waals surface area contributed by atoms with Gasteiger partial charge in [-0.3, -0.25) is 9.36 Å². The van der Waals surface area contributed by atoms with Gasteiger partial charge in [0.05, 0.1) is 19.8 Å². The molecule has 0 aliphatic rings. The predicted octanol–water partition coefficient (Wildman–Crippen LogP) is 6.50. The molecule has 1 atom stereocenters. The normalized spacial score (nSPS) is 12.9. The third kappa shape index (κ3) is 11.4. The van der Waals surface area contributed by atoms with E-state index >= 15 is 0 Å². The van der Waals surface area contributed by atoms with Gasteiger partial charge in [-0.05, 0) is 26.7 Å². The van der Waals surface area contributed by atoms with Gasteiger partial charge >= 0.3 is 13.6 Å². The first-order valence-electron chi connectivity index (χ1n) is 10.6. The monoisotopic (exact) mass is 392 g/mol. The van der Waals surface area contributed by atoms with Gasteiger partial charge in [-0.1, -0.05) is 71.6 Å². The Balaban J connectivity index is 4.57. The van der Waals surface area contributed by atoms with Crippen LogP contribution in [0.15, 0.2) is 0 Å². The molecule has 0 saturated heterocycles. The Morgan fingerprint density at radius 1 is 0.769 bits per heavy atom. The Bertz CT molecular complexity index is 376. The quantitative estimate of drug-likeness (QED) is 0.151. The number of hydrogen-bond donors (Lipinski definition) is 0. The first kappa shape index (κ1) is 25.6. The number of unbranched alkanes of at least 4 members (excludes halogenated alkanes) is 8. The summed E-state index contributed by atoms with van der Waals surface area (Å²) in [7, 11) is -3.48. The summed E-state index contributed by atoms with van der Waals surface area (Å²) in [6.45, 7) is 8.66. The first-order chi connectivity index (χ1) is 12.6. The highest BCUT2D eigenvalue weighted by molar-refractivity contribution is 7.55. The van der Waals surface area contributed by atoms with E-state index in [0.29, 0.717) is 13.0 Å². The highest BCUT2D eigenvalue weighted by Crippen LogP contribution is 2.55. The minimum absolute atomic E-state index is 0.257. The number of carbonyl (C=O) groups excluding carboxylic acids is 1. The van der Waals surface area contributed by atoms with Crippen molar-refractivity contribution in [3.05, 3.63) is 0 Å². The van der Waals surface area contributed by atoms with Gasteiger partial charge in [0.2, 0.25) is 0 Å². The predicted molar refractivity (Wildman–Crippen MR) is 108 cm³/mol. The number of ether oxygens (including phenoxy) is 1. The summed E-state index contributed by atoms with van der Waals surface area (Å²) in [5, 5.41) is 0. The second-order valence-electron chi connectivity index (χ2n) is 6.68. The highest BCUT2D eigenvalue weighted by atomic mass is 31.2. The summed E-state index contributed by atoms with van der Waals surface area (Å²) in [4.78, 5) is 12.5. The summed E-state index contributed by atoms with van der Waals surface area (Å²) in [5.74, 6) is -0.438. The fourth-order valence-corrected chi connectivity index (χ4v) is 4.85. The molecule has 6 heteroatoms. The summed E-state index contributed by atoms with van der Waals surface area (Å²) in [6.07, 6.45) is 11.6. The van der Waals surface area contributed by atoms with Gasteiger partial charge in [0.1, 0.15) is 0 Å². The van der Waals surface area contributed by atoms with E-state index in [2.05, 4.69) is 6.92 Å². The molecule has 0 radical (unpaired) electrons. The average Bonchev–Trinajstić information content (AvgIpc) is 2.60. The maximum absolute atomic E-state index is 13.1. The lowest BCUT2D eigenvalue weighted by molar-refractivity contribution is -0.143. The van der Waals surface area contributed by atoms with Crippen LogP contribution in [-0.2, 0) is 23.1 Å². The Hall–Kier alpha value is -0.380. The summed E-state index contributed by atoms with van der Waals surface area (Å²) in [5.41, 5.74) is -0.806. The van der Waals surface area contributed by atoms with Crippen molar-refractivity contribution < 1.29 is 23.1 Å². The van der Waals surface area contributed by atoms with Crippen molar-refractivity contribution in [2.75, 3.05) is 19.8 Å². The van der Waals surface area contributed by atoms with Crippen LogP contribution in [0.2, 0.25) is 0 Å². The maximum Gasteiger partial charge on any atom is 0.344 e. The van der Waals surface area contributed by atoms with E-state index in [9.17, 15) is 9.36 Å². The van der Waals surface area contributed by atoms with Crippen LogP contribution in [-0.4, -0.2) is 31.4 Å². The zero-order valence-corrected chi connectivity index (χ0v) is 18.4. The molecule has 5 nitrogen and oxygen atoms in total. The number of hydrogen-bond acceptors (Lipinski definition) is 5. The molecular formula is C20H41O5P. The zero-order chi connectivity index (χ0) is 19.7. The molecule has 0 aromatic rings. The molecule has 0 aliphatic carbocycles. The smallest absolute Gasteiger partial charge is 0.344 e. The lowest BCUT2D eigenvalue weighted by Crippen LogP contribution is -2.26. The van der Waals surface area contributed by atoms with Crippen molar-refractivity contribution in [2.45, 2.75) is 104 Å². The third-order valence-corrected chi connectivity index (χ3v) is 6.81. The Kier molecular flexibility index (Phi) is 16.5. The Labute approximate surface area is 161 Å². The first-order valence-corrected chi connectivity index (χ1v) is 12.2. The van der Waals surface area contributed by atoms with Gasteiger partial charge in [0.15, 0.2) is 5.66 Å². The van der Waals surface area contributed by atoms with Crippen LogP contribution in [0.1, 0.15) is 98.3 Å². The van der Waals surface area contributed by atoms with E-state index < -0.39 is 19.2 Å². The molecule has 0 fully saturated rings. The minimum Gasteiger partial charge on any atom is -0.465 e. The molecule has 0 aliphatic heterocycles. The van der Waals surface area contributed by atoms with Crippen molar-refractivity contribution >= 4 is 13.6 Å². The molecule has 0 amide bonds. The summed E-state index contributed by atoms with van der Waals surface area (Å²) < 4.78 is 29.2. The van der Waals surface area contributed by atoms with Crippen molar-refractivity contribution in [2.24, 2.45) is 0 Å². The van der Waals surface area contributed by atoms with E-state index in [0.717, 1.165) is 32.1 Å². The second-order valence-corrected chi connectivity index (χ2v) is 8.90.